The molecule has 44 heavy (non-hydrogen) atoms. The lowest BCUT2D eigenvalue weighted by Gasteiger charge is -2.25. The molecule has 0 unspecified atom stereocenters. The summed E-state index contributed by atoms with van der Waals surface area (Å²) in [6.45, 7) is 2.46. The number of aromatic nitrogens is 2. The zero-order valence-electron chi connectivity index (χ0n) is 23.8. The van der Waals surface area contributed by atoms with Crippen LogP contribution in [0.3, 0.4) is 0 Å². The van der Waals surface area contributed by atoms with Gasteiger partial charge >= 0.3 is 0 Å². The second-order valence-corrected chi connectivity index (χ2v) is 11.7. The SMILES string of the molecule is CC1=C(C(=O)Nc2ccccc2)[C@@H](c2ccc(F)cc2)n2c(s/c(=C\c3cn(Cc4ccccc4)c4ccccc34)c2=O)=N1. The Labute approximate surface area is 256 Å². The van der Waals surface area contributed by atoms with Gasteiger partial charge in [0, 0.05) is 34.9 Å². The molecule has 3 heterocycles. The number of thiazole rings is 1. The third kappa shape index (κ3) is 5.09. The maximum Gasteiger partial charge on any atom is 0.271 e. The summed E-state index contributed by atoms with van der Waals surface area (Å²) in [6.07, 6.45) is 3.97. The van der Waals surface area contributed by atoms with Crippen LogP contribution in [-0.2, 0) is 11.3 Å². The first-order chi connectivity index (χ1) is 21.5. The maximum atomic E-state index is 14.2. The summed E-state index contributed by atoms with van der Waals surface area (Å²) in [5.74, 6) is -0.769. The van der Waals surface area contributed by atoms with Crippen molar-refractivity contribution in [3.8, 4) is 0 Å². The lowest BCUT2D eigenvalue weighted by molar-refractivity contribution is -0.113. The number of hydrogen-bond acceptors (Lipinski definition) is 4. The van der Waals surface area contributed by atoms with E-state index >= 15 is 0 Å². The van der Waals surface area contributed by atoms with E-state index in [2.05, 4.69) is 40.3 Å². The van der Waals surface area contributed by atoms with Gasteiger partial charge in [0.15, 0.2) is 4.80 Å². The number of amides is 1. The molecule has 216 valence electrons. The molecule has 6 nitrogen and oxygen atoms in total. The van der Waals surface area contributed by atoms with Crippen molar-refractivity contribution in [1.82, 2.24) is 9.13 Å². The van der Waals surface area contributed by atoms with E-state index < -0.39 is 11.9 Å². The number of fused-ring (bicyclic) bond motifs is 2. The molecule has 7 rings (SSSR count). The number of hydrogen-bond donors (Lipinski definition) is 1. The number of nitrogens with one attached hydrogen (secondary N) is 1. The van der Waals surface area contributed by atoms with E-state index in [1.54, 1.807) is 35.8 Å². The van der Waals surface area contributed by atoms with E-state index in [1.165, 1.54) is 29.0 Å². The number of allylic oxidation sites excluding steroid dienone is 1. The van der Waals surface area contributed by atoms with Crippen LogP contribution < -0.4 is 20.2 Å². The smallest absolute Gasteiger partial charge is 0.271 e. The maximum absolute atomic E-state index is 14.2. The lowest BCUT2D eigenvalue weighted by Crippen LogP contribution is -2.40. The van der Waals surface area contributed by atoms with Crippen LogP contribution in [0.2, 0.25) is 0 Å². The molecule has 0 spiro atoms. The molecule has 0 fully saturated rings. The largest absolute Gasteiger partial charge is 0.342 e. The molecule has 6 aromatic rings. The van der Waals surface area contributed by atoms with E-state index in [0.717, 1.165) is 16.5 Å². The average Bonchev–Trinajstić information content (AvgIpc) is 3.54. The van der Waals surface area contributed by atoms with Crippen LogP contribution in [0.15, 0.2) is 136 Å². The van der Waals surface area contributed by atoms with Gasteiger partial charge in [-0.2, -0.15) is 0 Å². The Bertz CT molecular complexity index is 2230. The summed E-state index contributed by atoms with van der Waals surface area (Å²) in [5, 5.41) is 3.97. The topological polar surface area (TPSA) is 68.4 Å². The van der Waals surface area contributed by atoms with Gasteiger partial charge < -0.3 is 9.88 Å². The summed E-state index contributed by atoms with van der Waals surface area (Å²) in [6, 6.07) is 32.6. The zero-order chi connectivity index (χ0) is 30.2. The zero-order valence-corrected chi connectivity index (χ0v) is 24.6. The normalized spacial score (nSPS) is 14.9. The Morgan fingerprint density at radius 3 is 2.36 bits per heavy atom. The van der Waals surface area contributed by atoms with Crippen LogP contribution in [0.1, 0.15) is 29.7 Å². The number of carbonyl (C=O) groups excluding carboxylic acids is 1. The molecular weight excluding hydrogens is 571 g/mol. The van der Waals surface area contributed by atoms with E-state index in [1.807, 2.05) is 54.6 Å². The van der Waals surface area contributed by atoms with Crippen molar-refractivity contribution in [3.05, 3.63) is 169 Å². The first kappa shape index (κ1) is 27.5. The van der Waals surface area contributed by atoms with Gasteiger partial charge in [0.05, 0.1) is 21.8 Å². The van der Waals surface area contributed by atoms with Gasteiger partial charge in [0.1, 0.15) is 5.82 Å². The standard InChI is InChI=1S/C36H27FN4O2S/c1-23-32(34(42)39-28-12-6-3-7-13-28)33(25-16-18-27(37)19-17-25)41-35(43)31(44-36(41)38-23)20-26-22-40(21-24-10-4-2-5-11-24)30-15-9-8-14-29(26)30/h2-20,22,33H,21H2,1H3,(H,39,42)/b31-20-/t33-/m1/s1. The number of halogens is 1. The first-order valence-electron chi connectivity index (χ1n) is 14.2. The number of nitrogens with zero attached hydrogens (tertiary/aromatic N) is 3. The summed E-state index contributed by atoms with van der Waals surface area (Å²) >= 11 is 1.28. The predicted molar refractivity (Wildman–Crippen MR) is 173 cm³/mol. The van der Waals surface area contributed by atoms with Crippen LogP contribution in [0, 0.1) is 5.82 Å². The molecule has 4 aromatic carbocycles. The summed E-state index contributed by atoms with van der Waals surface area (Å²) in [5.41, 5.74) is 4.97. The van der Waals surface area contributed by atoms with Crippen LogP contribution >= 0.6 is 11.3 Å². The van der Waals surface area contributed by atoms with E-state index in [0.29, 0.717) is 38.4 Å². The number of benzene rings is 4. The summed E-state index contributed by atoms with van der Waals surface area (Å²) < 4.78 is 18.2. The lowest BCUT2D eigenvalue weighted by atomic mass is 9.95. The molecular formula is C36H27FN4O2S. The first-order valence-corrected chi connectivity index (χ1v) is 15.0. The third-order valence-electron chi connectivity index (χ3n) is 7.79. The van der Waals surface area contributed by atoms with Gasteiger partial charge in [-0.1, -0.05) is 90.2 Å². The predicted octanol–water partition coefficient (Wildman–Crippen LogP) is 6.02. The number of carbonyl (C=O) groups is 1. The number of anilines is 1. The molecule has 0 aliphatic carbocycles. The quantitative estimate of drug-likeness (QED) is 0.255. The van der Waals surface area contributed by atoms with Gasteiger partial charge in [-0.15, -0.1) is 0 Å². The minimum absolute atomic E-state index is 0.263. The van der Waals surface area contributed by atoms with Gasteiger partial charge in [-0.3, -0.25) is 14.2 Å². The van der Waals surface area contributed by atoms with Crippen molar-refractivity contribution in [3.63, 3.8) is 0 Å². The molecule has 0 bridgehead atoms. The van der Waals surface area contributed by atoms with E-state index in [-0.39, 0.29) is 11.5 Å². The molecule has 1 N–H and O–H groups in total. The summed E-state index contributed by atoms with van der Waals surface area (Å²) in [4.78, 5) is 33.1. The van der Waals surface area contributed by atoms with Crippen molar-refractivity contribution in [2.45, 2.75) is 19.5 Å². The van der Waals surface area contributed by atoms with Crippen LogP contribution in [0.25, 0.3) is 17.0 Å². The molecule has 1 amide bonds. The molecule has 8 heteroatoms. The number of rotatable bonds is 6. The molecule has 2 aromatic heterocycles. The highest BCUT2D eigenvalue weighted by Gasteiger charge is 2.32. The Hall–Kier alpha value is -5.34. The number of para-hydroxylation sites is 2. The van der Waals surface area contributed by atoms with Crippen molar-refractivity contribution >= 4 is 39.9 Å². The Morgan fingerprint density at radius 2 is 1.61 bits per heavy atom. The molecule has 1 aliphatic heterocycles. The fourth-order valence-corrected chi connectivity index (χ4v) is 6.77. The average molecular weight is 599 g/mol. The van der Waals surface area contributed by atoms with E-state index in [4.69, 9.17) is 4.99 Å². The Morgan fingerprint density at radius 1 is 0.932 bits per heavy atom. The van der Waals surface area contributed by atoms with Gasteiger partial charge in [-0.25, -0.2) is 9.38 Å². The highest BCUT2D eigenvalue weighted by molar-refractivity contribution is 7.07. The van der Waals surface area contributed by atoms with Crippen molar-refractivity contribution < 1.29 is 9.18 Å². The molecule has 1 atom stereocenters. The molecule has 0 saturated carbocycles. The van der Waals surface area contributed by atoms with Gasteiger partial charge in [0.25, 0.3) is 11.5 Å². The van der Waals surface area contributed by atoms with Crippen LogP contribution in [0.5, 0.6) is 0 Å². The monoisotopic (exact) mass is 598 g/mol. The molecule has 0 saturated heterocycles. The fourth-order valence-electron chi connectivity index (χ4n) is 5.73. The van der Waals surface area contributed by atoms with Crippen molar-refractivity contribution in [1.29, 1.82) is 0 Å². The van der Waals surface area contributed by atoms with E-state index in [9.17, 15) is 14.0 Å². The van der Waals surface area contributed by atoms with Crippen LogP contribution in [0.4, 0.5) is 10.1 Å². The Balaban J connectivity index is 1.36. The third-order valence-corrected chi connectivity index (χ3v) is 8.77. The minimum atomic E-state index is -0.780. The van der Waals surface area contributed by atoms with Crippen LogP contribution in [-0.4, -0.2) is 15.0 Å². The van der Waals surface area contributed by atoms with Gasteiger partial charge in [-0.05, 0) is 54.5 Å². The van der Waals surface area contributed by atoms with Gasteiger partial charge in [0.2, 0.25) is 0 Å². The Kier molecular flexibility index (Phi) is 7.12. The summed E-state index contributed by atoms with van der Waals surface area (Å²) in [7, 11) is 0. The minimum Gasteiger partial charge on any atom is -0.342 e. The highest BCUT2D eigenvalue weighted by atomic mass is 32.1. The highest BCUT2D eigenvalue weighted by Crippen LogP contribution is 2.31. The second kappa shape index (κ2) is 11.4. The molecule has 1 aliphatic rings. The molecule has 0 radical (unpaired) electrons. The van der Waals surface area contributed by atoms with Crippen molar-refractivity contribution in [2.75, 3.05) is 5.32 Å². The fraction of sp³-hybridized carbons (Fsp3) is 0.0833. The van der Waals surface area contributed by atoms with Crippen molar-refractivity contribution in [2.24, 2.45) is 4.99 Å². The second-order valence-electron chi connectivity index (χ2n) is 10.7.